The van der Waals surface area contributed by atoms with E-state index in [1.54, 1.807) is 12.1 Å². The third-order valence-corrected chi connectivity index (χ3v) is 6.11. The van der Waals surface area contributed by atoms with Crippen LogP contribution in [0.2, 0.25) is 0 Å². The molecule has 1 N–H and O–H groups in total. The van der Waals surface area contributed by atoms with Gasteiger partial charge in [0.25, 0.3) is 5.65 Å². The van der Waals surface area contributed by atoms with Gasteiger partial charge in [-0.1, -0.05) is 6.07 Å². The van der Waals surface area contributed by atoms with Crippen LogP contribution < -0.4 is 4.40 Å². The first-order valence-electron chi connectivity index (χ1n) is 7.82. The third kappa shape index (κ3) is 2.71. The molecule has 1 fully saturated rings. The molecule has 24 heavy (non-hydrogen) atoms. The number of benzene rings is 1. The SMILES string of the molecule is O=S(=O)(c1ccc(-c2c[n+]3ccccc3[nH]2)cc1)N1CCOCC1. The molecule has 0 radical (unpaired) electrons. The van der Waals surface area contributed by atoms with Crippen LogP contribution in [0.15, 0.2) is 59.8 Å². The minimum Gasteiger partial charge on any atom is -0.379 e. The second kappa shape index (κ2) is 6.01. The highest BCUT2D eigenvalue weighted by atomic mass is 32.2. The number of imidazole rings is 1. The molecule has 1 aliphatic heterocycles. The molecule has 0 aliphatic carbocycles. The molecule has 0 spiro atoms. The van der Waals surface area contributed by atoms with E-state index >= 15 is 0 Å². The summed E-state index contributed by atoms with van der Waals surface area (Å²) in [6.07, 6.45) is 3.95. The summed E-state index contributed by atoms with van der Waals surface area (Å²) in [5.41, 5.74) is 2.87. The molecule has 124 valence electrons. The molecule has 2 aromatic heterocycles. The molecular formula is C17H18N3O3S+. The van der Waals surface area contributed by atoms with E-state index in [1.165, 1.54) is 4.31 Å². The number of H-pyrrole nitrogens is 1. The van der Waals surface area contributed by atoms with Crippen LogP contribution in [0.25, 0.3) is 16.9 Å². The zero-order chi connectivity index (χ0) is 16.6. The summed E-state index contributed by atoms with van der Waals surface area (Å²) in [7, 11) is -3.45. The van der Waals surface area contributed by atoms with Crippen LogP contribution in [0.1, 0.15) is 0 Å². The van der Waals surface area contributed by atoms with E-state index in [9.17, 15) is 8.42 Å². The highest BCUT2D eigenvalue weighted by molar-refractivity contribution is 7.89. The monoisotopic (exact) mass is 344 g/mol. The van der Waals surface area contributed by atoms with Gasteiger partial charge in [0.05, 0.1) is 24.3 Å². The van der Waals surface area contributed by atoms with Gasteiger partial charge in [0.2, 0.25) is 10.0 Å². The maximum absolute atomic E-state index is 12.6. The number of hydrogen-bond donors (Lipinski definition) is 1. The van der Waals surface area contributed by atoms with E-state index < -0.39 is 10.0 Å². The topological polar surface area (TPSA) is 66.5 Å². The van der Waals surface area contributed by atoms with Gasteiger partial charge < -0.3 is 4.74 Å². The van der Waals surface area contributed by atoms with E-state index in [4.69, 9.17) is 4.74 Å². The van der Waals surface area contributed by atoms with Gasteiger partial charge in [0.15, 0.2) is 5.69 Å². The van der Waals surface area contributed by atoms with Crippen molar-refractivity contribution in [3.8, 4) is 11.3 Å². The predicted molar refractivity (Wildman–Crippen MR) is 89.0 cm³/mol. The minimum atomic E-state index is -3.45. The molecule has 0 bridgehead atoms. The number of pyridine rings is 1. The van der Waals surface area contributed by atoms with Crippen molar-refractivity contribution in [2.75, 3.05) is 26.3 Å². The van der Waals surface area contributed by atoms with E-state index in [1.807, 2.05) is 47.1 Å². The van der Waals surface area contributed by atoms with Crippen LogP contribution in [0.4, 0.5) is 0 Å². The Morgan fingerprint density at radius 2 is 1.79 bits per heavy atom. The van der Waals surface area contributed by atoms with E-state index in [-0.39, 0.29) is 0 Å². The summed E-state index contributed by atoms with van der Waals surface area (Å²) >= 11 is 0. The molecule has 0 amide bonds. The number of ether oxygens (including phenoxy) is 1. The zero-order valence-electron chi connectivity index (χ0n) is 13.1. The molecule has 3 aromatic rings. The number of nitrogens with zero attached hydrogens (tertiary/aromatic N) is 2. The van der Waals surface area contributed by atoms with Gasteiger partial charge in [-0.2, -0.15) is 4.31 Å². The second-order valence-corrected chi connectivity index (χ2v) is 7.64. The standard InChI is InChI=1S/C17H17N3O3S/c21-24(22,20-9-11-23-12-10-20)15-6-4-14(5-7-15)16-13-19-8-2-1-3-17(19)18-16/h1-8,13H,9-12H2/p+1. The lowest BCUT2D eigenvalue weighted by Crippen LogP contribution is -2.40. The lowest BCUT2D eigenvalue weighted by Gasteiger charge is -2.26. The number of hydrogen-bond acceptors (Lipinski definition) is 3. The molecule has 0 atom stereocenters. The van der Waals surface area contributed by atoms with Crippen LogP contribution in [-0.4, -0.2) is 44.0 Å². The van der Waals surface area contributed by atoms with Crippen LogP contribution in [0, 0.1) is 0 Å². The Hall–Kier alpha value is -2.22. The van der Waals surface area contributed by atoms with Gasteiger partial charge in [-0.15, -0.1) is 0 Å². The summed E-state index contributed by atoms with van der Waals surface area (Å²) < 4.78 is 34.0. The first kappa shape index (κ1) is 15.3. The fourth-order valence-corrected chi connectivity index (χ4v) is 4.28. The van der Waals surface area contributed by atoms with Crippen molar-refractivity contribution in [2.45, 2.75) is 4.90 Å². The number of aromatic amines is 1. The molecule has 6 nitrogen and oxygen atoms in total. The Morgan fingerprint density at radius 1 is 1.04 bits per heavy atom. The van der Waals surface area contributed by atoms with Crippen molar-refractivity contribution < 1.29 is 17.6 Å². The molecule has 0 saturated carbocycles. The lowest BCUT2D eigenvalue weighted by molar-refractivity contribution is -0.509. The summed E-state index contributed by atoms with van der Waals surface area (Å²) in [4.78, 5) is 3.64. The quantitative estimate of drug-likeness (QED) is 0.731. The summed E-state index contributed by atoms with van der Waals surface area (Å²) in [6, 6.07) is 12.9. The largest absolute Gasteiger partial charge is 0.379 e. The van der Waals surface area contributed by atoms with Crippen molar-refractivity contribution in [2.24, 2.45) is 0 Å². The van der Waals surface area contributed by atoms with Gasteiger partial charge >= 0.3 is 0 Å². The Labute approximate surface area is 140 Å². The summed E-state index contributed by atoms with van der Waals surface area (Å²) in [5.74, 6) is 0. The third-order valence-electron chi connectivity index (χ3n) is 4.19. The van der Waals surface area contributed by atoms with Crippen molar-refractivity contribution in [3.63, 3.8) is 0 Å². The van der Waals surface area contributed by atoms with Crippen molar-refractivity contribution in [1.29, 1.82) is 0 Å². The molecular weight excluding hydrogens is 326 g/mol. The predicted octanol–water partition coefficient (Wildman–Crippen LogP) is 1.44. The Kier molecular flexibility index (Phi) is 3.84. The number of morpholine rings is 1. The molecule has 1 aromatic carbocycles. The fraction of sp³-hybridized carbons (Fsp3) is 0.235. The van der Waals surface area contributed by atoms with E-state index in [0.29, 0.717) is 31.2 Å². The average molecular weight is 344 g/mol. The second-order valence-electron chi connectivity index (χ2n) is 5.70. The first-order valence-corrected chi connectivity index (χ1v) is 9.26. The lowest BCUT2D eigenvalue weighted by atomic mass is 10.2. The summed E-state index contributed by atoms with van der Waals surface area (Å²) in [6.45, 7) is 1.71. The van der Waals surface area contributed by atoms with Crippen molar-refractivity contribution >= 4 is 15.7 Å². The van der Waals surface area contributed by atoms with Gasteiger partial charge in [0.1, 0.15) is 6.20 Å². The van der Waals surface area contributed by atoms with Crippen LogP contribution >= 0.6 is 0 Å². The highest BCUT2D eigenvalue weighted by Crippen LogP contribution is 2.22. The van der Waals surface area contributed by atoms with Crippen LogP contribution in [0.3, 0.4) is 0 Å². The molecule has 1 aliphatic rings. The zero-order valence-corrected chi connectivity index (χ0v) is 13.9. The number of aromatic nitrogens is 2. The number of nitrogens with one attached hydrogen (secondary N) is 1. The van der Waals surface area contributed by atoms with Crippen molar-refractivity contribution in [3.05, 3.63) is 54.9 Å². The molecule has 1 saturated heterocycles. The Morgan fingerprint density at radius 3 is 2.50 bits per heavy atom. The minimum absolute atomic E-state index is 0.317. The Balaban J connectivity index is 1.64. The van der Waals surface area contributed by atoms with Gasteiger partial charge in [-0.25, -0.2) is 17.8 Å². The van der Waals surface area contributed by atoms with Crippen molar-refractivity contribution in [1.82, 2.24) is 9.29 Å². The molecule has 4 rings (SSSR count). The first-order chi connectivity index (χ1) is 11.6. The Bertz CT molecular complexity index is 925. The fourth-order valence-electron chi connectivity index (χ4n) is 2.87. The average Bonchev–Trinajstić information content (AvgIpc) is 3.07. The van der Waals surface area contributed by atoms with E-state index in [0.717, 1.165) is 16.9 Å². The number of sulfonamides is 1. The van der Waals surface area contributed by atoms with E-state index in [2.05, 4.69) is 4.98 Å². The maximum atomic E-state index is 12.6. The van der Waals surface area contributed by atoms with Gasteiger partial charge in [-0.3, -0.25) is 0 Å². The van der Waals surface area contributed by atoms with Crippen LogP contribution in [0.5, 0.6) is 0 Å². The maximum Gasteiger partial charge on any atom is 0.284 e. The summed E-state index contributed by atoms with van der Waals surface area (Å²) in [5, 5.41) is 0. The molecule has 3 heterocycles. The van der Waals surface area contributed by atoms with Gasteiger partial charge in [-0.05, 0) is 30.3 Å². The highest BCUT2D eigenvalue weighted by Gasteiger charge is 2.26. The van der Waals surface area contributed by atoms with Crippen LogP contribution in [-0.2, 0) is 14.8 Å². The molecule has 7 heteroatoms. The molecule has 0 unspecified atom stereocenters. The van der Waals surface area contributed by atoms with Gasteiger partial charge in [0, 0.05) is 24.7 Å². The number of rotatable bonds is 3. The smallest absolute Gasteiger partial charge is 0.284 e. The normalized spacial score (nSPS) is 16.5. The number of fused-ring (bicyclic) bond motifs is 1.